The van der Waals surface area contributed by atoms with Gasteiger partial charge in [0.1, 0.15) is 12.3 Å². The van der Waals surface area contributed by atoms with E-state index < -0.39 is 0 Å². The maximum absolute atomic E-state index is 13.0. The van der Waals surface area contributed by atoms with Crippen LogP contribution in [0, 0.1) is 0 Å². The van der Waals surface area contributed by atoms with E-state index in [-0.39, 0.29) is 43.0 Å². The van der Waals surface area contributed by atoms with E-state index in [0.717, 1.165) is 36.1 Å². The molecule has 2 aromatic carbocycles. The van der Waals surface area contributed by atoms with Crippen molar-refractivity contribution in [1.29, 1.82) is 0 Å². The van der Waals surface area contributed by atoms with Crippen LogP contribution in [0.2, 0.25) is 0 Å². The average molecular weight is 407 g/mol. The number of benzene rings is 2. The first-order valence-corrected chi connectivity index (χ1v) is 10.7. The Morgan fingerprint density at radius 3 is 2.43 bits per heavy atom. The first kappa shape index (κ1) is 21.8. The minimum atomic E-state index is -0.0997. The second kappa shape index (κ2) is 10.2. The van der Waals surface area contributed by atoms with Crippen LogP contribution in [0.15, 0.2) is 54.6 Å². The fourth-order valence-electron chi connectivity index (χ4n) is 3.91. The van der Waals surface area contributed by atoms with Crippen LogP contribution < -0.4 is 4.90 Å². The van der Waals surface area contributed by atoms with Crippen LogP contribution in [0.4, 0.5) is 5.69 Å². The van der Waals surface area contributed by atoms with Gasteiger partial charge in [0.25, 0.3) is 0 Å². The molecule has 1 fully saturated rings. The third-order valence-electron chi connectivity index (χ3n) is 5.61. The van der Waals surface area contributed by atoms with Crippen molar-refractivity contribution >= 4 is 23.3 Å². The quantitative estimate of drug-likeness (QED) is 0.650. The van der Waals surface area contributed by atoms with Gasteiger partial charge in [-0.1, -0.05) is 62.2 Å². The lowest BCUT2D eigenvalue weighted by Gasteiger charge is -2.41. The Hall–Kier alpha value is -2.95. The molecule has 1 aliphatic rings. The van der Waals surface area contributed by atoms with Crippen LogP contribution in [-0.2, 0) is 14.4 Å². The van der Waals surface area contributed by atoms with E-state index in [2.05, 4.69) is 19.1 Å². The standard InChI is InChI=1S/C25H30N2O3/c1-3-4-12-23-17-26(25(30)18-27(23)24(29)15-14-19(2)28)22-13-8-11-21(16-22)20-9-6-5-7-10-20/h5-11,13,16,23H,3-4,12,14-15,17-18H2,1-2H3/t23-/m1/s1. The molecular weight excluding hydrogens is 376 g/mol. The molecule has 0 bridgehead atoms. The van der Waals surface area contributed by atoms with Gasteiger partial charge in [-0.25, -0.2) is 0 Å². The van der Waals surface area contributed by atoms with Crippen molar-refractivity contribution in [2.45, 2.75) is 52.0 Å². The smallest absolute Gasteiger partial charge is 0.246 e. The summed E-state index contributed by atoms with van der Waals surface area (Å²) in [7, 11) is 0. The van der Waals surface area contributed by atoms with E-state index in [0.29, 0.717) is 6.54 Å². The van der Waals surface area contributed by atoms with Crippen LogP contribution in [0.3, 0.4) is 0 Å². The van der Waals surface area contributed by atoms with E-state index in [1.54, 1.807) is 4.90 Å². The number of hydrogen-bond acceptors (Lipinski definition) is 3. The van der Waals surface area contributed by atoms with E-state index in [1.165, 1.54) is 6.92 Å². The molecule has 30 heavy (non-hydrogen) atoms. The number of nitrogens with zero attached hydrogens (tertiary/aromatic N) is 2. The molecule has 0 aromatic heterocycles. The number of rotatable bonds is 8. The Morgan fingerprint density at radius 1 is 1.00 bits per heavy atom. The molecule has 1 heterocycles. The fourth-order valence-corrected chi connectivity index (χ4v) is 3.91. The monoisotopic (exact) mass is 406 g/mol. The molecular formula is C25H30N2O3. The number of ketones is 1. The van der Waals surface area contributed by atoms with Crippen molar-refractivity contribution < 1.29 is 14.4 Å². The Bertz CT molecular complexity index is 894. The molecule has 1 atom stereocenters. The van der Waals surface area contributed by atoms with Gasteiger partial charge in [0.05, 0.1) is 6.04 Å². The lowest BCUT2D eigenvalue weighted by Crippen LogP contribution is -2.58. The van der Waals surface area contributed by atoms with Crippen molar-refractivity contribution in [2.75, 3.05) is 18.0 Å². The third kappa shape index (κ3) is 5.35. The van der Waals surface area contributed by atoms with Crippen molar-refractivity contribution in [3.8, 4) is 11.1 Å². The number of amides is 2. The molecule has 2 aromatic rings. The van der Waals surface area contributed by atoms with E-state index in [9.17, 15) is 14.4 Å². The molecule has 0 unspecified atom stereocenters. The highest BCUT2D eigenvalue weighted by Gasteiger charge is 2.35. The summed E-state index contributed by atoms with van der Waals surface area (Å²) in [6.45, 7) is 4.17. The third-order valence-corrected chi connectivity index (χ3v) is 5.61. The lowest BCUT2D eigenvalue weighted by molar-refractivity contribution is -0.140. The van der Waals surface area contributed by atoms with Gasteiger partial charge in [0.15, 0.2) is 0 Å². The molecule has 1 aliphatic heterocycles. The fraction of sp³-hybridized carbons (Fsp3) is 0.400. The molecule has 158 valence electrons. The van der Waals surface area contributed by atoms with Gasteiger partial charge in [-0.2, -0.15) is 0 Å². The zero-order valence-electron chi connectivity index (χ0n) is 17.8. The number of hydrogen-bond donors (Lipinski definition) is 0. The minimum absolute atomic E-state index is 0.00357. The normalized spacial score (nSPS) is 16.6. The molecule has 0 N–H and O–H groups in total. The van der Waals surface area contributed by atoms with Gasteiger partial charge in [-0.15, -0.1) is 0 Å². The molecule has 0 spiro atoms. The minimum Gasteiger partial charge on any atom is -0.329 e. The van der Waals surface area contributed by atoms with Gasteiger partial charge < -0.3 is 14.6 Å². The average Bonchev–Trinajstić information content (AvgIpc) is 2.77. The predicted molar refractivity (Wildman–Crippen MR) is 119 cm³/mol. The first-order chi connectivity index (χ1) is 14.5. The van der Waals surface area contributed by atoms with Crippen molar-refractivity contribution in [3.63, 3.8) is 0 Å². The zero-order chi connectivity index (χ0) is 21.5. The number of carbonyl (C=O) groups is 3. The van der Waals surface area contributed by atoms with Crippen LogP contribution in [-0.4, -0.2) is 41.6 Å². The van der Waals surface area contributed by atoms with Crippen LogP contribution in [0.25, 0.3) is 11.1 Å². The molecule has 5 heteroatoms. The molecule has 0 aliphatic carbocycles. The maximum Gasteiger partial charge on any atom is 0.246 e. The molecule has 3 rings (SSSR count). The van der Waals surface area contributed by atoms with Gasteiger partial charge in [0.2, 0.25) is 11.8 Å². The Kier molecular flexibility index (Phi) is 7.39. The molecule has 5 nitrogen and oxygen atoms in total. The van der Waals surface area contributed by atoms with Crippen LogP contribution in [0.1, 0.15) is 46.0 Å². The highest BCUT2D eigenvalue weighted by Crippen LogP contribution is 2.28. The maximum atomic E-state index is 13.0. The van der Waals surface area contributed by atoms with E-state index in [1.807, 2.05) is 47.4 Å². The lowest BCUT2D eigenvalue weighted by atomic mass is 10.0. The zero-order valence-corrected chi connectivity index (χ0v) is 17.8. The van der Waals surface area contributed by atoms with Gasteiger partial charge in [0, 0.05) is 25.1 Å². The summed E-state index contributed by atoms with van der Waals surface area (Å²) in [6, 6.07) is 18.1. The Labute approximate surface area is 178 Å². The molecule has 1 saturated heterocycles. The molecule has 2 amide bonds. The highest BCUT2D eigenvalue weighted by molar-refractivity contribution is 5.99. The second-order valence-corrected chi connectivity index (χ2v) is 7.94. The summed E-state index contributed by atoms with van der Waals surface area (Å²) in [6.07, 6.45) is 3.28. The van der Waals surface area contributed by atoms with Gasteiger partial charge in [-0.3, -0.25) is 9.59 Å². The first-order valence-electron chi connectivity index (χ1n) is 10.7. The molecule has 0 saturated carbocycles. The highest BCUT2D eigenvalue weighted by atomic mass is 16.2. The summed E-state index contributed by atoms with van der Waals surface area (Å²) in [5.41, 5.74) is 3.03. The topological polar surface area (TPSA) is 57.7 Å². The second-order valence-electron chi connectivity index (χ2n) is 7.94. The van der Waals surface area contributed by atoms with Gasteiger partial charge in [-0.05, 0) is 36.6 Å². The molecule has 0 radical (unpaired) electrons. The van der Waals surface area contributed by atoms with Crippen molar-refractivity contribution in [1.82, 2.24) is 4.90 Å². The number of piperazine rings is 1. The van der Waals surface area contributed by atoms with E-state index >= 15 is 0 Å². The SMILES string of the molecule is CCCC[C@@H]1CN(c2cccc(-c3ccccc3)c2)C(=O)CN1C(=O)CCC(C)=O. The summed E-state index contributed by atoms with van der Waals surface area (Å²) in [4.78, 5) is 40.5. The summed E-state index contributed by atoms with van der Waals surface area (Å²) < 4.78 is 0. The number of carbonyl (C=O) groups excluding carboxylic acids is 3. The van der Waals surface area contributed by atoms with Crippen molar-refractivity contribution in [2.24, 2.45) is 0 Å². The van der Waals surface area contributed by atoms with Gasteiger partial charge >= 0.3 is 0 Å². The largest absolute Gasteiger partial charge is 0.329 e. The van der Waals surface area contributed by atoms with Crippen LogP contribution >= 0.6 is 0 Å². The summed E-state index contributed by atoms with van der Waals surface area (Å²) >= 11 is 0. The summed E-state index contributed by atoms with van der Waals surface area (Å²) in [5.74, 6) is -0.183. The number of Topliss-reactive ketones (excluding diaryl/α,β-unsaturated/α-hetero) is 1. The van der Waals surface area contributed by atoms with Crippen LogP contribution in [0.5, 0.6) is 0 Å². The number of unbranched alkanes of at least 4 members (excludes halogenated alkanes) is 1. The van der Waals surface area contributed by atoms with E-state index in [4.69, 9.17) is 0 Å². The number of anilines is 1. The Morgan fingerprint density at radius 2 is 1.73 bits per heavy atom. The Balaban J connectivity index is 1.81. The summed E-state index contributed by atoms with van der Waals surface area (Å²) in [5, 5.41) is 0. The predicted octanol–water partition coefficient (Wildman–Crippen LogP) is 4.46. The van der Waals surface area contributed by atoms with Crippen molar-refractivity contribution in [3.05, 3.63) is 54.6 Å².